The van der Waals surface area contributed by atoms with E-state index in [0.717, 1.165) is 31.5 Å². The Bertz CT molecular complexity index is 744. The molecule has 134 valence electrons. The van der Waals surface area contributed by atoms with Gasteiger partial charge in [0.2, 0.25) is 11.8 Å². The fraction of sp³-hybridized carbons (Fsp3) is 0.556. The summed E-state index contributed by atoms with van der Waals surface area (Å²) in [6.45, 7) is 7.48. The van der Waals surface area contributed by atoms with Crippen LogP contribution in [0.25, 0.3) is 0 Å². The highest BCUT2D eigenvalue weighted by Gasteiger charge is 2.27. The van der Waals surface area contributed by atoms with Crippen LogP contribution in [-0.4, -0.2) is 45.6 Å². The van der Waals surface area contributed by atoms with E-state index in [9.17, 15) is 4.79 Å². The van der Waals surface area contributed by atoms with Crippen molar-refractivity contribution in [2.24, 2.45) is 5.92 Å². The number of hydrogen-bond acceptors (Lipinski definition) is 6. The molecule has 0 spiro atoms. The van der Waals surface area contributed by atoms with Gasteiger partial charge in [-0.05, 0) is 44.7 Å². The largest absolute Gasteiger partial charge is 0.477 e. The Kier molecular flexibility index (Phi) is 5.31. The molecule has 2 aromatic rings. The van der Waals surface area contributed by atoms with Crippen LogP contribution in [0, 0.1) is 19.8 Å². The zero-order valence-corrected chi connectivity index (χ0v) is 15.0. The smallest absolute Gasteiger partial charge is 0.259 e. The van der Waals surface area contributed by atoms with Gasteiger partial charge in [0.15, 0.2) is 5.82 Å². The summed E-state index contributed by atoms with van der Waals surface area (Å²) in [5.74, 6) is 2.02. The number of aryl methyl sites for hydroxylation is 2. The molecule has 1 fully saturated rings. The Morgan fingerprint density at radius 2 is 2.20 bits per heavy atom. The first-order valence-electron chi connectivity index (χ1n) is 8.75. The lowest BCUT2D eigenvalue weighted by Crippen LogP contribution is -2.40. The zero-order chi connectivity index (χ0) is 17.8. The van der Waals surface area contributed by atoms with Gasteiger partial charge in [-0.15, -0.1) is 0 Å². The molecule has 25 heavy (non-hydrogen) atoms. The first-order chi connectivity index (χ1) is 12.1. The van der Waals surface area contributed by atoms with E-state index >= 15 is 0 Å². The molecule has 1 atom stereocenters. The minimum absolute atomic E-state index is 0.0232. The fourth-order valence-corrected chi connectivity index (χ4v) is 3.21. The highest BCUT2D eigenvalue weighted by molar-refractivity contribution is 5.96. The Hall–Kier alpha value is -2.44. The number of carbonyl (C=O) groups excluding carboxylic acids is 1. The molecule has 0 N–H and O–H groups in total. The van der Waals surface area contributed by atoms with Gasteiger partial charge < -0.3 is 14.2 Å². The third kappa shape index (κ3) is 4.15. The van der Waals surface area contributed by atoms with Crippen LogP contribution < -0.4 is 4.74 Å². The molecular weight excluding hydrogens is 320 g/mol. The molecule has 3 heterocycles. The molecule has 7 heteroatoms. The van der Waals surface area contributed by atoms with E-state index in [2.05, 4.69) is 15.1 Å². The number of hydrogen-bond donors (Lipinski definition) is 0. The van der Waals surface area contributed by atoms with E-state index in [-0.39, 0.29) is 5.91 Å². The molecule has 0 aliphatic carbocycles. The number of rotatable bonds is 5. The minimum atomic E-state index is -0.0232. The number of aromatic nitrogens is 3. The number of piperidine rings is 1. The Morgan fingerprint density at radius 1 is 1.36 bits per heavy atom. The monoisotopic (exact) mass is 344 g/mol. The lowest BCUT2D eigenvalue weighted by atomic mass is 9.94. The summed E-state index contributed by atoms with van der Waals surface area (Å²) in [7, 11) is 0. The number of ether oxygens (including phenoxy) is 1. The van der Waals surface area contributed by atoms with Crippen molar-refractivity contribution in [2.45, 2.75) is 40.0 Å². The Morgan fingerprint density at radius 3 is 2.92 bits per heavy atom. The summed E-state index contributed by atoms with van der Waals surface area (Å²) in [5.41, 5.74) is 1.37. The number of likely N-dealkylation sites (tertiary alicyclic amines) is 1. The fourth-order valence-electron chi connectivity index (χ4n) is 3.21. The van der Waals surface area contributed by atoms with Crippen molar-refractivity contribution >= 4 is 5.91 Å². The first kappa shape index (κ1) is 17.4. The van der Waals surface area contributed by atoms with Crippen LogP contribution in [0.1, 0.15) is 47.5 Å². The van der Waals surface area contributed by atoms with Crippen molar-refractivity contribution in [3.05, 3.63) is 35.1 Å². The van der Waals surface area contributed by atoms with Gasteiger partial charge in [0, 0.05) is 32.1 Å². The predicted molar refractivity (Wildman–Crippen MR) is 91.5 cm³/mol. The van der Waals surface area contributed by atoms with Gasteiger partial charge in [-0.2, -0.15) is 4.98 Å². The maximum Gasteiger partial charge on any atom is 0.259 e. The van der Waals surface area contributed by atoms with E-state index in [0.29, 0.717) is 42.2 Å². The second-order valence-corrected chi connectivity index (χ2v) is 6.43. The van der Waals surface area contributed by atoms with Crippen molar-refractivity contribution in [1.29, 1.82) is 0 Å². The molecule has 0 aromatic carbocycles. The summed E-state index contributed by atoms with van der Waals surface area (Å²) >= 11 is 0. The quantitative estimate of drug-likeness (QED) is 0.829. The minimum Gasteiger partial charge on any atom is -0.477 e. The van der Waals surface area contributed by atoms with Gasteiger partial charge >= 0.3 is 0 Å². The molecule has 1 saturated heterocycles. The van der Waals surface area contributed by atoms with Crippen molar-refractivity contribution < 1.29 is 14.1 Å². The second kappa shape index (κ2) is 7.63. The number of nitrogens with zero attached hydrogens (tertiary/aromatic N) is 4. The van der Waals surface area contributed by atoms with Gasteiger partial charge in [0.25, 0.3) is 5.91 Å². The van der Waals surface area contributed by atoms with Crippen LogP contribution in [0.4, 0.5) is 0 Å². The summed E-state index contributed by atoms with van der Waals surface area (Å²) in [6, 6.07) is 3.65. The molecule has 0 radical (unpaired) electrons. The van der Waals surface area contributed by atoms with Crippen LogP contribution >= 0.6 is 0 Å². The van der Waals surface area contributed by atoms with Crippen LogP contribution in [0.3, 0.4) is 0 Å². The summed E-state index contributed by atoms with van der Waals surface area (Å²) in [4.78, 5) is 23.5. The second-order valence-electron chi connectivity index (χ2n) is 6.43. The third-order valence-electron chi connectivity index (χ3n) is 4.36. The molecule has 2 aromatic heterocycles. The lowest BCUT2D eigenvalue weighted by molar-refractivity contribution is 0.0666. The van der Waals surface area contributed by atoms with Crippen molar-refractivity contribution in [3.63, 3.8) is 0 Å². The van der Waals surface area contributed by atoms with Crippen molar-refractivity contribution in [2.75, 3.05) is 19.7 Å². The van der Waals surface area contributed by atoms with Gasteiger partial charge in [-0.25, -0.2) is 4.98 Å². The highest BCUT2D eigenvalue weighted by Crippen LogP contribution is 2.24. The van der Waals surface area contributed by atoms with Gasteiger partial charge in [-0.3, -0.25) is 4.79 Å². The average Bonchev–Trinajstić information content (AvgIpc) is 3.00. The topological polar surface area (TPSA) is 81.4 Å². The standard InChI is InChI=1S/C18H24N4O3/c1-4-24-17-15(8-7-12(2)19-17)18(23)22-9-5-6-14(11-22)10-16-20-13(3)25-21-16/h7-8,14H,4-6,9-11H2,1-3H3/t14-/m1/s1. The van der Waals surface area contributed by atoms with Crippen LogP contribution in [0.15, 0.2) is 16.7 Å². The number of amides is 1. The van der Waals surface area contributed by atoms with Crippen LogP contribution in [-0.2, 0) is 6.42 Å². The van der Waals surface area contributed by atoms with Crippen molar-refractivity contribution in [1.82, 2.24) is 20.0 Å². The number of carbonyl (C=O) groups is 1. The summed E-state index contributed by atoms with van der Waals surface area (Å²) < 4.78 is 10.6. The van der Waals surface area contributed by atoms with Crippen LogP contribution in [0.5, 0.6) is 5.88 Å². The molecule has 0 unspecified atom stereocenters. The number of pyridine rings is 1. The lowest BCUT2D eigenvalue weighted by Gasteiger charge is -2.32. The Balaban J connectivity index is 1.71. The van der Waals surface area contributed by atoms with Gasteiger partial charge in [-0.1, -0.05) is 5.16 Å². The van der Waals surface area contributed by atoms with Crippen molar-refractivity contribution in [3.8, 4) is 5.88 Å². The SMILES string of the molecule is CCOc1nc(C)ccc1C(=O)N1CCC[C@H](Cc2noc(C)n2)C1. The molecule has 7 nitrogen and oxygen atoms in total. The predicted octanol–water partition coefficient (Wildman–Crippen LogP) is 2.58. The summed E-state index contributed by atoms with van der Waals surface area (Å²) in [5, 5.41) is 3.97. The summed E-state index contributed by atoms with van der Waals surface area (Å²) in [6.07, 6.45) is 2.75. The average molecular weight is 344 g/mol. The van der Waals surface area contributed by atoms with Crippen LogP contribution in [0.2, 0.25) is 0 Å². The molecule has 1 aliphatic heterocycles. The first-order valence-corrected chi connectivity index (χ1v) is 8.75. The zero-order valence-electron chi connectivity index (χ0n) is 15.0. The molecule has 1 amide bonds. The maximum atomic E-state index is 13.0. The maximum absolute atomic E-state index is 13.0. The van der Waals surface area contributed by atoms with Gasteiger partial charge in [0.1, 0.15) is 5.56 Å². The molecule has 0 bridgehead atoms. The molecular formula is C18H24N4O3. The van der Waals surface area contributed by atoms with E-state index in [1.54, 1.807) is 6.92 Å². The highest BCUT2D eigenvalue weighted by atomic mass is 16.5. The van der Waals surface area contributed by atoms with Gasteiger partial charge in [0.05, 0.1) is 6.61 Å². The third-order valence-corrected chi connectivity index (χ3v) is 4.36. The molecule has 0 saturated carbocycles. The normalized spacial score (nSPS) is 17.6. The molecule has 1 aliphatic rings. The van der Waals surface area contributed by atoms with E-state index in [1.807, 2.05) is 30.9 Å². The Labute approximate surface area is 147 Å². The van der Waals surface area contributed by atoms with E-state index < -0.39 is 0 Å². The van der Waals surface area contributed by atoms with E-state index in [1.165, 1.54) is 0 Å². The van der Waals surface area contributed by atoms with E-state index in [4.69, 9.17) is 9.26 Å². The molecule has 3 rings (SSSR count).